The van der Waals surface area contributed by atoms with Crippen LogP contribution in [0.25, 0.3) is 63.6 Å². The molecule has 5 heteroatoms. The SMILES string of the molecule is N=C(/N=C(\N=C\c1ccc2c(N3c4cc5ccccc5cc4-c4cccc5cccc3c45)cccc2c1)c1ccccc1)c1ccc2sc3ccccc3c2c1. The molecule has 0 radical (unpaired) electrons. The molecule has 1 aliphatic rings. The van der Waals surface area contributed by atoms with Crippen LogP contribution in [0.3, 0.4) is 0 Å². The first-order chi connectivity index (χ1) is 27.7. The van der Waals surface area contributed by atoms with Gasteiger partial charge in [0.15, 0.2) is 11.7 Å². The Morgan fingerprint density at radius 3 is 2.07 bits per heavy atom. The van der Waals surface area contributed by atoms with Gasteiger partial charge in [-0.15, -0.1) is 11.3 Å². The molecule has 1 aliphatic heterocycles. The fourth-order valence-electron chi connectivity index (χ4n) is 8.25. The second-order valence-electron chi connectivity index (χ2n) is 14.2. The number of thiophene rings is 1. The second kappa shape index (κ2) is 13.0. The normalized spacial score (nSPS) is 12.7. The van der Waals surface area contributed by atoms with E-state index in [1.807, 2.05) is 42.6 Å². The summed E-state index contributed by atoms with van der Waals surface area (Å²) < 4.78 is 2.44. The molecular formula is C51H32N4S. The van der Waals surface area contributed by atoms with Crippen molar-refractivity contribution in [2.24, 2.45) is 9.98 Å². The number of rotatable bonds is 4. The van der Waals surface area contributed by atoms with Gasteiger partial charge in [-0.2, -0.15) is 0 Å². The second-order valence-corrected chi connectivity index (χ2v) is 15.3. The topological polar surface area (TPSA) is 51.8 Å². The fraction of sp³-hybridized carbons (Fsp3) is 0. The van der Waals surface area contributed by atoms with Crippen LogP contribution in [0, 0.1) is 5.41 Å². The van der Waals surface area contributed by atoms with E-state index in [1.54, 1.807) is 11.3 Å². The Balaban J connectivity index is 0.996. The first-order valence-corrected chi connectivity index (χ1v) is 19.5. The third-order valence-corrected chi connectivity index (χ3v) is 12.0. The summed E-state index contributed by atoms with van der Waals surface area (Å²) in [5, 5.41) is 18.6. The van der Waals surface area contributed by atoms with Crippen molar-refractivity contribution in [3.8, 4) is 11.1 Å². The van der Waals surface area contributed by atoms with Crippen LogP contribution in [-0.2, 0) is 0 Å². The fourth-order valence-corrected chi connectivity index (χ4v) is 9.33. The van der Waals surface area contributed by atoms with Gasteiger partial charge in [0.1, 0.15) is 0 Å². The minimum atomic E-state index is 0.174. The highest BCUT2D eigenvalue weighted by atomic mass is 32.1. The van der Waals surface area contributed by atoms with Gasteiger partial charge in [0.25, 0.3) is 0 Å². The molecule has 10 aromatic rings. The maximum Gasteiger partial charge on any atom is 0.161 e. The number of anilines is 3. The van der Waals surface area contributed by atoms with Gasteiger partial charge in [0.2, 0.25) is 0 Å². The molecule has 11 rings (SSSR count). The Labute approximate surface area is 327 Å². The average molecular weight is 733 g/mol. The summed E-state index contributed by atoms with van der Waals surface area (Å²) in [6.45, 7) is 0. The quantitative estimate of drug-likeness (QED) is 0.142. The van der Waals surface area contributed by atoms with Crippen LogP contribution in [0.5, 0.6) is 0 Å². The molecule has 9 aromatic carbocycles. The van der Waals surface area contributed by atoms with E-state index in [1.165, 1.54) is 58.8 Å². The molecule has 56 heavy (non-hydrogen) atoms. The Hall–Kier alpha value is -7.21. The van der Waals surface area contributed by atoms with Crippen LogP contribution >= 0.6 is 11.3 Å². The number of fused-ring (bicyclic) bond motifs is 7. The highest BCUT2D eigenvalue weighted by Crippen LogP contribution is 2.53. The van der Waals surface area contributed by atoms with Crippen molar-refractivity contribution in [2.45, 2.75) is 0 Å². The van der Waals surface area contributed by atoms with E-state index in [0.29, 0.717) is 5.84 Å². The van der Waals surface area contributed by atoms with Crippen molar-refractivity contribution in [3.63, 3.8) is 0 Å². The molecule has 0 fully saturated rings. The lowest BCUT2D eigenvalue weighted by Gasteiger charge is -2.34. The third-order valence-electron chi connectivity index (χ3n) is 10.9. The third kappa shape index (κ3) is 5.32. The highest BCUT2D eigenvalue weighted by molar-refractivity contribution is 7.25. The Morgan fingerprint density at radius 2 is 1.20 bits per heavy atom. The maximum atomic E-state index is 9.08. The number of hydrogen-bond acceptors (Lipinski definition) is 3. The van der Waals surface area contributed by atoms with E-state index in [-0.39, 0.29) is 5.84 Å². The Kier molecular flexibility index (Phi) is 7.47. The van der Waals surface area contributed by atoms with E-state index in [0.717, 1.165) is 38.5 Å². The predicted molar refractivity (Wildman–Crippen MR) is 239 cm³/mol. The standard InChI is InChI=1S/C51H32N4S/c52-50(38-24-26-48-43(29-38)40-18-6-7-22-47(40)56-48)54-51(34-11-2-1-3-12-34)53-31-32-23-25-39-37(27-32)17-10-20-44(39)55-45-21-9-16-33-15-8-19-41(49(33)45)42-28-35-13-4-5-14-36(35)30-46(42)55/h1-31,52H/b52-50?,53-31+,54-51-. The molecule has 1 N–H and O–H groups in total. The zero-order valence-corrected chi connectivity index (χ0v) is 31.0. The molecule has 0 unspecified atom stereocenters. The van der Waals surface area contributed by atoms with Gasteiger partial charge in [-0.1, -0.05) is 127 Å². The monoisotopic (exact) mass is 732 g/mol. The molecule has 0 saturated carbocycles. The van der Waals surface area contributed by atoms with E-state index in [4.69, 9.17) is 15.4 Å². The highest BCUT2D eigenvalue weighted by Gasteiger charge is 2.27. The minimum Gasteiger partial charge on any atom is -0.309 e. The summed E-state index contributed by atoms with van der Waals surface area (Å²) in [5.74, 6) is 0.663. The molecule has 0 saturated heterocycles. The first-order valence-electron chi connectivity index (χ1n) is 18.7. The molecule has 0 amide bonds. The van der Waals surface area contributed by atoms with Gasteiger partial charge in [0.05, 0.1) is 17.1 Å². The molecule has 262 valence electrons. The molecule has 0 atom stereocenters. The molecule has 1 aromatic heterocycles. The average Bonchev–Trinajstić information content (AvgIpc) is 3.63. The smallest absolute Gasteiger partial charge is 0.161 e. The van der Waals surface area contributed by atoms with Gasteiger partial charge in [-0.25, -0.2) is 9.98 Å². The molecule has 4 nitrogen and oxygen atoms in total. The van der Waals surface area contributed by atoms with Crippen LogP contribution in [0.15, 0.2) is 192 Å². The van der Waals surface area contributed by atoms with Gasteiger partial charge in [0, 0.05) is 53.8 Å². The Bertz CT molecular complexity index is 3280. The van der Waals surface area contributed by atoms with E-state index in [9.17, 15) is 0 Å². The molecule has 0 spiro atoms. The van der Waals surface area contributed by atoms with Crippen molar-refractivity contribution >= 4 is 98.8 Å². The largest absolute Gasteiger partial charge is 0.309 e. The summed E-state index contributed by atoms with van der Waals surface area (Å²) in [6, 6.07) is 64.1. The van der Waals surface area contributed by atoms with Gasteiger partial charge in [-0.3, -0.25) is 5.41 Å². The summed E-state index contributed by atoms with van der Waals surface area (Å²) in [6.07, 6.45) is 1.86. The van der Waals surface area contributed by atoms with Crippen molar-refractivity contribution < 1.29 is 0 Å². The summed E-state index contributed by atoms with van der Waals surface area (Å²) >= 11 is 1.77. The minimum absolute atomic E-state index is 0.174. The lowest BCUT2D eigenvalue weighted by Crippen LogP contribution is -2.15. The molecule has 2 heterocycles. The van der Waals surface area contributed by atoms with Gasteiger partial charge in [-0.05, 0) is 87.3 Å². The number of nitrogens with one attached hydrogen (secondary N) is 1. The van der Waals surface area contributed by atoms with Crippen molar-refractivity contribution in [1.29, 1.82) is 5.41 Å². The van der Waals surface area contributed by atoms with E-state index in [2.05, 4.69) is 150 Å². The number of nitrogens with zero attached hydrogens (tertiary/aromatic N) is 3. The lowest BCUT2D eigenvalue weighted by atomic mass is 9.89. The summed E-state index contributed by atoms with van der Waals surface area (Å²) in [4.78, 5) is 12.2. The van der Waals surface area contributed by atoms with Crippen LogP contribution in [0.4, 0.5) is 17.1 Å². The molecular weight excluding hydrogens is 701 g/mol. The number of hydrogen-bond donors (Lipinski definition) is 1. The van der Waals surface area contributed by atoms with Crippen molar-refractivity contribution in [2.75, 3.05) is 4.90 Å². The number of amidine groups is 2. The van der Waals surface area contributed by atoms with Gasteiger partial charge < -0.3 is 4.90 Å². The predicted octanol–water partition coefficient (Wildman–Crippen LogP) is 13.9. The Morgan fingerprint density at radius 1 is 0.482 bits per heavy atom. The molecule has 0 aliphatic carbocycles. The van der Waals surface area contributed by atoms with Crippen LogP contribution in [0.2, 0.25) is 0 Å². The van der Waals surface area contributed by atoms with E-state index >= 15 is 0 Å². The van der Waals surface area contributed by atoms with Crippen LogP contribution < -0.4 is 4.90 Å². The zero-order chi connectivity index (χ0) is 37.2. The zero-order valence-electron chi connectivity index (χ0n) is 30.1. The van der Waals surface area contributed by atoms with Gasteiger partial charge >= 0.3 is 0 Å². The number of aliphatic imine (C=N–C) groups is 2. The van der Waals surface area contributed by atoms with E-state index < -0.39 is 0 Å². The van der Waals surface area contributed by atoms with Crippen LogP contribution in [-0.4, -0.2) is 17.9 Å². The van der Waals surface area contributed by atoms with Crippen molar-refractivity contribution in [3.05, 3.63) is 199 Å². The maximum absolute atomic E-state index is 9.08. The summed E-state index contributed by atoms with van der Waals surface area (Å²) in [7, 11) is 0. The summed E-state index contributed by atoms with van der Waals surface area (Å²) in [5.41, 5.74) is 8.53. The first kappa shape index (κ1) is 32.2. The van der Waals surface area contributed by atoms with Crippen molar-refractivity contribution in [1.82, 2.24) is 0 Å². The molecule has 0 bridgehead atoms. The number of benzene rings is 9. The lowest BCUT2D eigenvalue weighted by molar-refractivity contribution is 1.30. The van der Waals surface area contributed by atoms with Crippen LogP contribution in [0.1, 0.15) is 16.7 Å².